The van der Waals surface area contributed by atoms with Crippen molar-refractivity contribution in [3.8, 4) is 0 Å². The van der Waals surface area contributed by atoms with Crippen LogP contribution < -0.4 is 10.0 Å². The maximum Gasteiger partial charge on any atom is 0.244 e. The molecule has 1 heterocycles. The SMILES string of the molecule is CNCCn1nc(C)c(S(=O)(=O)NC2CC(C)C2)c1C. The van der Waals surface area contributed by atoms with Crippen LogP contribution in [0.1, 0.15) is 31.2 Å². The second-order valence-electron chi connectivity index (χ2n) is 5.72. The van der Waals surface area contributed by atoms with Crippen LogP contribution >= 0.6 is 0 Å². The van der Waals surface area contributed by atoms with Crippen LogP contribution in [-0.4, -0.2) is 37.8 Å². The van der Waals surface area contributed by atoms with E-state index >= 15 is 0 Å². The van der Waals surface area contributed by atoms with E-state index in [1.54, 1.807) is 11.6 Å². The van der Waals surface area contributed by atoms with E-state index in [9.17, 15) is 8.42 Å². The highest BCUT2D eigenvalue weighted by molar-refractivity contribution is 7.89. The maximum atomic E-state index is 12.5. The number of aromatic nitrogens is 2. The number of hydrogen-bond acceptors (Lipinski definition) is 4. The number of likely N-dealkylation sites (N-methyl/N-ethyl adjacent to an activating group) is 1. The molecule has 6 nitrogen and oxygen atoms in total. The molecule has 7 heteroatoms. The number of rotatable bonds is 6. The first-order chi connectivity index (χ1) is 9.35. The summed E-state index contributed by atoms with van der Waals surface area (Å²) in [5.74, 6) is 0.614. The van der Waals surface area contributed by atoms with E-state index in [0.717, 1.165) is 19.4 Å². The molecule has 1 fully saturated rings. The fourth-order valence-corrected chi connectivity index (χ4v) is 4.45. The number of nitrogens with zero attached hydrogens (tertiary/aromatic N) is 2. The van der Waals surface area contributed by atoms with Crippen LogP contribution in [0.5, 0.6) is 0 Å². The Balaban J connectivity index is 2.20. The smallest absolute Gasteiger partial charge is 0.244 e. The van der Waals surface area contributed by atoms with Crippen LogP contribution in [0.25, 0.3) is 0 Å². The quantitative estimate of drug-likeness (QED) is 0.814. The fourth-order valence-electron chi connectivity index (χ4n) is 2.78. The zero-order chi connectivity index (χ0) is 14.9. The molecule has 0 radical (unpaired) electrons. The Bertz CT molecular complexity index is 573. The molecule has 0 aliphatic heterocycles. The Hall–Kier alpha value is -0.920. The first-order valence-electron chi connectivity index (χ1n) is 7.06. The van der Waals surface area contributed by atoms with Crippen molar-refractivity contribution in [2.24, 2.45) is 5.92 Å². The van der Waals surface area contributed by atoms with Crippen molar-refractivity contribution in [1.29, 1.82) is 0 Å². The molecular formula is C13H24N4O2S. The molecule has 1 aromatic rings. The zero-order valence-corrected chi connectivity index (χ0v) is 13.4. The summed E-state index contributed by atoms with van der Waals surface area (Å²) in [6.45, 7) is 7.12. The Morgan fingerprint density at radius 3 is 2.55 bits per heavy atom. The van der Waals surface area contributed by atoms with Gasteiger partial charge in [-0.2, -0.15) is 5.10 Å². The Morgan fingerprint density at radius 2 is 2.00 bits per heavy atom. The van der Waals surface area contributed by atoms with Crippen molar-refractivity contribution in [2.75, 3.05) is 13.6 Å². The first-order valence-corrected chi connectivity index (χ1v) is 8.54. The average molecular weight is 300 g/mol. The lowest BCUT2D eigenvalue weighted by Gasteiger charge is -2.32. The highest BCUT2D eigenvalue weighted by Crippen LogP contribution is 2.29. The summed E-state index contributed by atoms with van der Waals surface area (Å²) < 4.78 is 29.5. The Kier molecular flexibility index (Phi) is 4.51. The molecule has 0 spiro atoms. The van der Waals surface area contributed by atoms with Crippen molar-refractivity contribution >= 4 is 10.0 Å². The Labute approximate surface area is 121 Å². The molecule has 0 atom stereocenters. The predicted molar refractivity (Wildman–Crippen MR) is 78.1 cm³/mol. The first kappa shape index (κ1) is 15.5. The maximum absolute atomic E-state index is 12.5. The molecule has 0 amide bonds. The van der Waals surface area contributed by atoms with Gasteiger partial charge in [0, 0.05) is 12.6 Å². The van der Waals surface area contributed by atoms with E-state index < -0.39 is 10.0 Å². The van der Waals surface area contributed by atoms with Crippen LogP contribution in [0.4, 0.5) is 0 Å². The fraction of sp³-hybridized carbons (Fsp3) is 0.769. The summed E-state index contributed by atoms with van der Waals surface area (Å²) in [5.41, 5.74) is 1.27. The summed E-state index contributed by atoms with van der Waals surface area (Å²) in [5, 5.41) is 7.38. The predicted octanol–water partition coefficient (Wildman–Crippen LogP) is 0.796. The zero-order valence-electron chi connectivity index (χ0n) is 12.6. The number of nitrogens with one attached hydrogen (secondary N) is 2. The van der Waals surface area contributed by atoms with Gasteiger partial charge in [-0.1, -0.05) is 6.92 Å². The largest absolute Gasteiger partial charge is 0.318 e. The second-order valence-corrected chi connectivity index (χ2v) is 7.37. The highest BCUT2D eigenvalue weighted by atomic mass is 32.2. The molecule has 0 aromatic carbocycles. The van der Waals surface area contributed by atoms with E-state index in [2.05, 4.69) is 22.1 Å². The standard InChI is InChI=1S/C13H24N4O2S/c1-9-7-12(8-9)16-20(18,19)13-10(2)15-17(11(13)3)6-5-14-4/h9,12,14,16H,5-8H2,1-4H3. The Morgan fingerprint density at radius 1 is 1.35 bits per heavy atom. The van der Waals surface area contributed by atoms with Gasteiger partial charge < -0.3 is 5.32 Å². The molecular weight excluding hydrogens is 276 g/mol. The summed E-state index contributed by atoms with van der Waals surface area (Å²) in [7, 11) is -1.60. The van der Waals surface area contributed by atoms with Gasteiger partial charge in [0.15, 0.2) is 0 Å². The topological polar surface area (TPSA) is 76.0 Å². The summed E-state index contributed by atoms with van der Waals surface area (Å²) >= 11 is 0. The van der Waals surface area contributed by atoms with Gasteiger partial charge in [-0.15, -0.1) is 0 Å². The lowest BCUT2D eigenvalue weighted by atomic mass is 9.83. The van der Waals surface area contributed by atoms with Crippen molar-refractivity contribution in [3.05, 3.63) is 11.4 Å². The number of hydrogen-bond donors (Lipinski definition) is 2. The van der Waals surface area contributed by atoms with Gasteiger partial charge in [0.2, 0.25) is 10.0 Å². The lowest BCUT2D eigenvalue weighted by Crippen LogP contribution is -2.43. The monoisotopic (exact) mass is 300 g/mol. The van der Waals surface area contributed by atoms with Gasteiger partial charge in [-0.3, -0.25) is 4.68 Å². The number of sulfonamides is 1. The molecule has 1 aliphatic carbocycles. The third-order valence-corrected chi connectivity index (χ3v) is 5.62. The molecule has 2 N–H and O–H groups in total. The van der Waals surface area contributed by atoms with Crippen molar-refractivity contribution in [2.45, 2.75) is 51.1 Å². The van der Waals surface area contributed by atoms with E-state index in [0.29, 0.717) is 28.7 Å². The van der Waals surface area contributed by atoms with Gasteiger partial charge >= 0.3 is 0 Å². The highest BCUT2D eigenvalue weighted by Gasteiger charge is 2.32. The molecule has 20 heavy (non-hydrogen) atoms. The van der Waals surface area contributed by atoms with E-state index in [1.807, 2.05) is 14.0 Å². The molecule has 0 unspecified atom stereocenters. The minimum atomic E-state index is -3.46. The van der Waals surface area contributed by atoms with Crippen LogP contribution in [0.2, 0.25) is 0 Å². The van der Waals surface area contributed by atoms with Crippen LogP contribution in [0.15, 0.2) is 4.90 Å². The summed E-state index contributed by atoms with van der Waals surface area (Å²) in [6, 6.07) is 0.0782. The molecule has 1 aromatic heterocycles. The minimum absolute atomic E-state index is 0.0782. The van der Waals surface area contributed by atoms with E-state index in [-0.39, 0.29) is 6.04 Å². The lowest BCUT2D eigenvalue weighted by molar-refractivity contribution is 0.270. The molecule has 0 saturated heterocycles. The van der Waals surface area contributed by atoms with Gasteiger partial charge in [0.1, 0.15) is 4.90 Å². The van der Waals surface area contributed by atoms with Gasteiger partial charge in [-0.05, 0) is 39.7 Å². The van der Waals surface area contributed by atoms with Gasteiger partial charge in [0.25, 0.3) is 0 Å². The minimum Gasteiger partial charge on any atom is -0.318 e. The van der Waals surface area contributed by atoms with Crippen molar-refractivity contribution < 1.29 is 8.42 Å². The van der Waals surface area contributed by atoms with E-state index in [1.165, 1.54) is 0 Å². The second kappa shape index (κ2) is 5.83. The van der Waals surface area contributed by atoms with Crippen LogP contribution in [0.3, 0.4) is 0 Å². The van der Waals surface area contributed by atoms with Crippen molar-refractivity contribution in [3.63, 3.8) is 0 Å². The summed E-state index contributed by atoms with van der Waals surface area (Å²) in [4.78, 5) is 0.341. The molecule has 114 valence electrons. The molecule has 1 aliphatic rings. The van der Waals surface area contributed by atoms with E-state index in [4.69, 9.17) is 0 Å². The summed E-state index contributed by atoms with van der Waals surface area (Å²) in [6.07, 6.45) is 1.84. The van der Waals surface area contributed by atoms with Crippen molar-refractivity contribution in [1.82, 2.24) is 19.8 Å². The van der Waals surface area contributed by atoms with Crippen LogP contribution in [0, 0.1) is 19.8 Å². The molecule has 0 bridgehead atoms. The average Bonchev–Trinajstić information content (AvgIpc) is 2.60. The third kappa shape index (κ3) is 3.05. The number of aryl methyl sites for hydroxylation is 1. The van der Waals surface area contributed by atoms with Gasteiger partial charge in [-0.25, -0.2) is 13.1 Å². The third-order valence-electron chi connectivity index (χ3n) is 3.85. The van der Waals surface area contributed by atoms with Gasteiger partial charge in [0.05, 0.1) is 17.9 Å². The molecule has 1 saturated carbocycles. The normalized spacial score (nSPS) is 22.8. The van der Waals surface area contributed by atoms with Crippen LogP contribution in [-0.2, 0) is 16.6 Å². The molecule has 2 rings (SSSR count).